The summed E-state index contributed by atoms with van der Waals surface area (Å²) < 4.78 is 4.68. The summed E-state index contributed by atoms with van der Waals surface area (Å²) in [5.74, 6) is 0.240. The summed E-state index contributed by atoms with van der Waals surface area (Å²) in [6.07, 6.45) is 1.07. The minimum absolute atomic E-state index is 0.00238. The number of ether oxygens (including phenoxy) is 1. The summed E-state index contributed by atoms with van der Waals surface area (Å²) in [5.41, 5.74) is 0.676. The van der Waals surface area contributed by atoms with Crippen LogP contribution in [0.25, 0.3) is 0 Å². The molecule has 0 saturated heterocycles. The van der Waals surface area contributed by atoms with Gasteiger partial charge in [0.1, 0.15) is 0 Å². The van der Waals surface area contributed by atoms with Gasteiger partial charge in [-0.3, -0.25) is 4.79 Å². The van der Waals surface area contributed by atoms with Gasteiger partial charge in [0.15, 0.2) is 0 Å². The molecule has 0 N–H and O–H groups in total. The molecule has 0 aromatic carbocycles. The molecule has 1 fully saturated rings. The molecule has 0 aliphatic heterocycles. The first kappa shape index (κ1) is 8.78. The highest BCUT2D eigenvalue weighted by Crippen LogP contribution is 2.52. The van der Waals surface area contributed by atoms with Gasteiger partial charge in [0, 0.05) is 8.07 Å². The predicted octanol–water partition coefficient (Wildman–Crippen LogP) is 1.89. The van der Waals surface area contributed by atoms with Gasteiger partial charge >= 0.3 is 5.97 Å². The maximum absolute atomic E-state index is 11.0. The first-order valence-corrected chi connectivity index (χ1v) is 7.62. The standard InChI is InChI=1S/C8H16O2Si/c1-10-8(9)6-5-7(6)11(2,3)4/h6-7H,5H2,1-4H3. The number of hydrogen-bond acceptors (Lipinski definition) is 2. The molecule has 2 nitrogen and oxygen atoms in total. The summed E-state index contributed by atoms with van der Waals surface area (Å²) in [6.45, 7) is 6.92. The van der Waals surface area contributed by atoms with Crippen LogP contribution >= 0.6 is 0 Å². The van der Waals surface area contributed by atoms with Gasteiger partial charge in [-0.15, -0.1) is 0 Å². The van der Waals surface area contributed by atoms with Crippen molar-refractivity contribution in [3.8, 4) is 0 Å². The molecule has 2 unspecified atom stereocenters. The molecule has 0 radical (unpaired) electrons. The molecular weight excluding hydrogens is 156 g/mol. The van der Waals surface area contributed by atoms with Crippen molar-refractivity contribution in [2.24, 2.45) is 5.92 Å². The van der Waals surface area contributed by atoms with E-state index in [4.69, 9.17) is 0 Å². The van der Waals surface area contributed by atoms with E-state index in [0.717, 1.165) is 6.42 Å². The molecule has 0 heterocycles. The topological polar surface area (TPSA) is 26.3 Å². The van der Waals surface area contributed by atoms with Crippen LogP contribution in [0.5, 0.6) is 0 Å². The summed E-state index contributed by atoms with van der Waals surface area (Å²) in [6, 6.07) is 0. The van der Waals surface area contributed by atoms with Gasteiger partial charge in [-0.2, -0.15) is 0 Å². The van der Waals surface area contributed by atoms with Crippen molar-refractivity contribution in [2.45, 2.75) is 31.6 Å². The molecule has 0 spiro atoms. The third-order valence-electron chi connectivity index (χ3n) is 2.41. The van der Waals surface area contributed by atoms with Crippen LogP contribution in [0.4, 0.5) is 0 Å². The van der Waals surface area contributed by atoms with Crippen molar-refractivity contribution in [1.82, 2.24) is 0 Å². The molecule has 1 rings (SSSR count). The Bertz CT molecular complexity index is 171. The van der Waals surface area contributed by atoms with Crippen molar-refractivity contribution in [1.29, 1.82) is 0 Å². The van der Waals surface area contributed by atoms with E-state index in [1.807, 2.05) is 0 Å². The van der Waals surface area contributed by atoms with E-state index in [1.165, 1.54) is 7.11 Å². The average Bonchev–Trinajstić information content (AvgIpc) is 2.62. The number of rotatable bonds is 2. The quantitative estimate of drug-likeness (QED) is 0.469. The van der Waals surface area contributed by atoms with Crippen LogP contribution in [0.1, 0.15) is 6.42 Å². The smallest absolute Gasteiger partial charge is 0.308 e. The molecule has 1 aliphatic rings. The van der Waals surface area contributed by atoms with Crippen LogP contribution in [0.3, 0.4) is 0 Å². The van der Waals surface area contributed by atoms with Crippen molar-refractivity contribution < 1.29 is 9.53 Å². The molecule has 2 atom stereocenters. The van der Waals surface area contributed by atoms with Crippen molar-refractivity contribution in [3.63, 3.8) is 0 Å². The second-order valence-corrected chi connectivity index (χ2v) is 9.81. The van der Waals surface area contributed by atoms with Crippen LogP contribution in [0.2, 0.25) is 25.2 Å². The molecule has 1 aliphatic carbocycles. The Balaban J connectivity index is 2.44. The Morgan fingerprint density at radius 3 is 2.27 bits per heavy atom. The second kappa shape index (κ2) is 2.63. The second-order valence-electron chi connectivity index (χ2n) is 4.34. The zero-order valence-corrected chi connectivity index (χ0v) is 8.68. The monoisotopic (exact) mass is 172 g/mol. The Morgan fingerprint density at radius 2 is 2.00 bits per heavy atom. The molecule has 0 aromatic rings. The van der Waals surface area contributed by atoms with Crippen LogP contribution in [0, 0.1) is 5.92 Å². The Labute approximate surface area is 68.9 Å². The van der Waals surface area contributed by atoms with Crippen molar-refractivity contribution >= 4 is 14.0 Å². The molecule has 11 heavy (non-hydrogen) atoms. The third kappa shape index (κ3) is 1.83. The van der Waals surface area contributed by atoms with Crippen molar-refractivity contribution in [2.75, 3.05) is 7.11 Å². The summed E-state index contributed by atoms with van der Waals surface area (Å²) >= 11 is 0. The van der Waals surface area contributed by atoms with Crippen molar-refractivity contribution in [3.05, 3.63) is 0 Å². The van der Waals surface area contributed by atoms with E-state index in [-0.39, 0.29) is 11.9 Å². The number of carbonyl (C=O) groups excluding carboxylic acids is 1. The first-order chi connectivity index (χ1) is 4.96. The number of hydrogen-bond donors (Lipinski definition) is 0. The minimum Gasteiger partial charge on any atom is -0.469 e. The lowest BCUT2D eigenvalue weighted by atomic mass is 10.4. The Kier molecular flexibility index (Phi) is 2.10. The van der Waals surface area contributed by atoms with Crippen LogP contribution in [0.15, 0.2) is 0 Å². The summed E-state index contributed by atoms with van der Waals surface area (Å²) in [5, 5.41) is 0. The van der Waals surface area contributed by atoms with Gasteiger partial charge < -0.3 is 4.74 Å². The molecular formula is C8H16O2Si. The molecule has 1 saturated carbocycles. The zero-order chi connectivity index (χ0) is 8.65. The third-order valence-corrected chi connectivity index (χ3v) is 5.27. The lowest BCUT2D eigenvalue weighted by Crippen LogP contribution is -2.22. The van der Waals surface area contributed by atoms with E-state index < -0.39 is 8.07 Å². The van der Waals surface area contributed by atoms with E-state index in [1.54, 1.807) is 0 Å². The van der Waals surface area contributed by atoms with Gasteiger partial charge in [0.25, 0.3) is 0 Å². The fourth-order valence-corrected chi connectivity index (χ4v) is 3.87. The average molecular weight is 172 g/mol. The number of methoxy groups -OCH3 is 1. The Morgan fingerprint density at radius 1 is 1.45 bits per heavy atom. The van der Waals surface area contributed by atoms with E-state index in [0.29, 0.717) is 5.54 Å². The predicted molar refractivity (Wildman–Crippen MR) is 47.2 cm³/mol. The summed E-state index contributed by atoms with van der Waals surface area (Å²) in [4.78, 5) is 11.0. The summed E-state index contributed by atoms with van der Waals surface area (Å²) in [7, 11) is 0.408. The van der Waals surface area contributed by atoms with Gasteiger partial charge in [0.2, 0.25) is 0 Å². The maximum atomic E-state index is 11.0. The SMILES string of the molecule is COC(=O)C1CC1[Si](C)(C)C. The van der Waals surface area contributed by atoms with E-state index in [9.17, 15) is 4.79 Å². The van der Waals surface area contributed by atoms with Gasteiger partial charge in [-0.1, -0.05) is 19.6 Å². The molecule has 0 bridgehead atoms. The minimum atomic E-state index is -1.07. The van der Waals surface area contributed by atoms with Gasteiger partial charge in [-0.05, 0) is 12.0 Å². The van der Waals surface area contributed by atoms with Gasteiger partial charge in [-0.25, -0.2) is 0 Å². The van der Waals surface area contributed by atoms with E-state index >= 15 is 0 Å². The molecule has 64 valence electrons. The van der Waals surface area contributed by atoms with Crippen LogP contribution in [-0.2, 0) is 9.53 Å². The number of esters is 1. The largest absolute Gasteiger partial charge is 0.469 e. The zero-order valence-electron chi connectivity index (χ0n) is 7.68. The molecule has 0 amide bonds. The van der Waals surface area contributed by atoms with Crippen LogP contribution in [-0.4, -0.2) is 21.2 Å². The fourth-order valence-electron chi connectivity index (χ4n) is 1.56. The highest BCUT2D eigenvalue weighted by Gasteiger charge is 2.50. The normalized spacial score (nSPS) is 29.8. The lowest BCUT2D eigenvalue weighted by Gasteiger charge is -2.14. The highest BCUT2D eigenvalue weighted by molar-refractivity contribution is 6.78. The van der Waals surface area contributed by atoms with E-state index in [2.05, 4.69) is 24.4 Å². The Hall–Kier alpha value is -0.313. The molecule has 3 heteroatoms. The maximum Gasteiger partial charge on any atom is 0.308 e. The van der Waals surface area contributed by atoms with Crippen LogP contribution < -0.4 is 0 Å². The van der Waals surface area contributed by atoms with Gasteiger partial charge in [0.05, 0.1) is 13.0 Å². The first-order valence-electron chi connectivity index (χ1n) is 4.04. The highest BCUT2D eigenvalue weighted by atomic mass is 28.3. The molecule has 0 aromatic heterocycles. The fraction of sp³-hybridized carbons (Fsp3) is 0.875. The lowest BCUT2D eigenvalue weighted by molar-refractivity contribution is -0.142. The number of carbonyl (C=O) groups is 1.